The van der Waals surface area contributed by atoms with Crippen LogP contribution in [0.1, 0.15) is 10.4 Å². The number of hydrogen-bond acceptors (Lipinski definition) is 7. The highest BCUT2D eigenvalue weighted by Gasteiger charge is 2.29. The van der Waals surface area contributed by atoms with Gasteiger partial charge in [-0.15, -0.1) is 0 Å². The molecule has 0 aliphatic carbocycles. The number of ether oxygens (including phenoxy) is 3. The summed E-state index contributed by atoms with van der Waals surface area (Å²) < 4.78 is 56.8. The second-order valence-corrected chi connectivity index (χ2v) is 9.51. The first-order valence-corrected chi connectivity index (χ1v) is 12.1. The summed E-state index contributed by atoms with van der Waals surface area (Å²) in [6.45, 7) is -0.669. The molecule has 36 heavy (non-hydrogen) atoms. The number of anilines is 2. The van der Waals surface area contributed by atoms with Gasteiger partial charge in [-0.2, -0.15) is 0 Å². The third-order valence-corrected chi connectivity index (χ3v) is 7.07. The van der Waals surface area contributed by atoms with Gasteiger partial charge in [0.25, 0.3) is 10.0 Å². The molecular formula is C24H22ClFN2O7S. The Hall–Kier alpha value is -3.83. The summed E-state index contributed by atoms with van der Waals surface area (Å²) in [5, 5.41) is 2.25. The molecule has 0 saturated carbocycles. The van der Waals surface area contributed by atoms with E-state index in [1.165, 1.54) is 69.9 Å². The van der Waals surface area contributed by atoms with Gasteiger partial charge in [0.2, 0.25) is 5.91 Å². The van der Waals surface area contributed by atoms with Crippen LogP contribution < -0.4 is 19.1 Å². The molecule has 0 bridgehead atoms. The van der Waals surface area contributed by atoms with Crippen LogP contribution in [-0.4, -0.2) is 48.2 Å². The van der Waals surface area contributed by atoms with E-state index in [0.29, 0.717) is 11.4 Å². The van der Waals surface area contributed by atoms with E-state index in [9.17, 15) is 22.4 Å². The van der Waals surface area contributed by atoms with Crippen molar-refractivity contribution in [3.63, 3.8) is 0 Å². The molecule has 3 rings (SSSR count). The molecule has 0 radical (unpaired) electrons. The van der Waals surface area contributed by atoms with E-state index >= 15 is 0 Å². The molecule has 0 aromatic heterocycles. The Morgan fingerprint density at radius 1 is 0.944 bits per heavy atom. The zero-order valence-corrected chi connectivity index (χ0v) is 21.0. The van der Waals surface area contributed by atoms with Crippen molar-refractivity contribution in [2.24, 2.45) is 0 Å². The molecule has 0 fully saturated rings. The lowest BCUT2D eigenvalue weighted by Gasteiger charge is -2.25. The molecule has 0 heterocycles. The molecule has 0 aliphatic heterocycles. The van der Waals surface area contributed by atoms with Gasteiger partial charge in [-0.1, -0.05) is 11.6 Å². The molecule has 0 unspecified atom stereocenters. The second kappa shape index (κ2) is 11.3. The fraction of sp³-hybridized carbons (Fsp3) is 0.167. The highest BCUT2D eigenvalue weighted by molar-refractivity contribution is 7.92. The Morgan fingerprint density at radius 2 is 1.61 bits per heavy atom. The predicted molar refractivity (Wildman–Crippen MR) is 132 cm³/mol. The summed E-state index contributed by atoms with van der Waals surface area (Å²) in [5.41, 5.74) is 0.551. The summed E-state index contributed by atoms with van der Waals surface area (Å²) in [5.74, 6) is -1.54. The van der Waals surface area contributed by atoms with Crippen LogP contribution in [0.4, 0.5) is 15.8 Å². The molecule has 3 aromatic rings. The van der Waals surface area contributed by atoms with Crippen LogP contribution in [0.2, 0.25) is 5.02 Å². The molecule has 0 saturated heterocycles. The summed E-state index contributed by atoms with van der Waals surface area (Å²) in [7, 11) is -0.357. The Morgan fingerprint density at radius 3 is 2.19 bits per heavy atom. The number of halogens is 2. The minimum Gasteiger partial charge on any atom is -0.493 e. The molecular weight excluding hydrogens is 515 g/mol. The highest BCUT2D eigenvalue weighted by atomic mass is 35.5. The molecule has 0 spiro atoms. The van der Waals surface area contributed by atoms with E-state index in [1.54, 1.807) is 0 Å². The smallest absolute Gasteiger partial charge is 0.337 e. The average Bonchev–Trinajstić information content (AvgIpc) is 2.88. The summed E-state index contributed by atoms with van der Waals surface area (Å²) in [6, 6.07) is 13.1. The van der Waals surface area contributed by atoms with E-state index in [4.69, 9.17) is 21.1 Å². The van der Waals surface area contributed by atoms with Crippen molar-refractivity contribution in [1.82, 2.24) is 0 Å². The maximum Gasteiger partial charge on any atom is 0.337 e. The van der Waals surface area contributed by atoms with Crippen LogP contribution in [-0.2, 0) is 19.6 Å². The third kappa shape index (κ3) is 5.86. The molecule has 0 atom stereocenters. The van der Waals surface area contributed by atoms with Crippen LogP contribution in [0.15, 0.2) is 65.6 Å². The number of rotatable bonds is 9. The fourth-order valence-electron chi connectivity index (χ4n) is 3.20. The van der Waals surface area contributed by atoms with Gasteiger partial charge in [-0.05, 0) is 54.6 Å². The standard InChI is InChI=1S/C24H22ClFN2O7S/c1-33-21-11-9-18(13-22(21)34-2)36(31,32)28(17-8-10-20(26)19(25)12-17)14-23(29)27-16-6-4-15(5-7-16)24(30)35-3/h4-13H,14H2,1-3H3,(H,27,29). The van der Waals surface area contributed by atoms with Crippen LogP contribution in [0, 0.1) is 5.82 Å². The number of methoxy groups -OCH3 is 3. The first kappa shape index (κ1) is 26.8. The molecule has 0 aliphatic rings. The SMILES string of the molecule is COC(=O)c1ccc(NC(=O)CN(c2ccc(F)c(Cl)c2)S(=O)(=O)c2ccc(OC)c(OC)c2)cc1. The van der Waals surface area contributed by atoms with Gasteiger partial charge < -0.3 is 19.5 Å². The number of esters is 1. The number of carbonyl (C=O) groups is 2. The van der Waals surface area contributed by atoms with E-state index in [-0.39, 0.29) is 26.9 Å². The lowest BCUT2D eigenvalue weighted by Crippen LogP contribution is -2.38. The number of hydrogen-bond donors (Lipinski definition) is 1. The molecule has 1 N–H and O–H groups in total. The lowest BCUT2D eigenvalue weighted by molar-refractivity contribution is -0.114. The number of amides is 1. The minimum absolute atomic E-state index is 0.0348. The van der Waals surface area contributed by atoms with E-state index in [1.807, 2.05) is 0 Å². The Kier molecular flexibility index (Phi) is 8.38. The monoisotopic (exact) mass is 536 g/mol. The third-order valence-electron chi connectivity index (χ3n) is 5.01. The summed E-state index contributed by atoms with van der Waals surface area (Å²) in [4.78, 5) is 24.3. The second-order valence-electron chi connectivity index (χ2n) is 7.24. The zero-order chi connectivity index (χ0) is 26.5. The molecule has 1 amide bonds. The highest BCUT2D eigenvalue weighted by Crippen LogP contribution is 2.33. The summed E-state index contributed by atoms with van der Waals surface area (Å²) in [6.07, 6.45) is 0. The van der Waals surface area contributed by atoms with E-state index in [2.05, 4.69) is 10.1 Å². The van der Waals surface area contributed by atoms with Gasteiger partial charge in [0.15, 0.2) is 11.5 Å². The predicted octanol–water partition coefficient (Wildman–Crippen LogP) is 4.12. The molecule has 12 heteroatoms. The van der Waals surface area contributed by atoms with Crippen LogP contribution in [0.5, 0.6) is 11.5 Å². The van der Waals surface area contributed by atoms with Crippen molar-refractivity contribution >= 4 is 44.9 Å². The van der Waals surface area contributed by atoms with Gasteiger partial charge in [0, 0.05) is 11.8 Å². The maximum absolute atomic E-state index is 13.8. The first-order chi connectivity index (χ1) is 17.1. The van der Waals surface area contributed by atoms with Crippen molar-refractivity contribution in [2.75, 3.05) is 37.5 Å². The normalized spacial score (nSPS) is 10.9. The summed E-state index contributed by atoms with van der Waals surface area (Å²) >= 11 is 5.89. The van der Waals surface area contributed by atoms with Crippen LogP contribution in [0.3, 0.4) is 0 Å². The minimum atomic E-state index is -4.36. The van der Waals surface area contributed by atoms with E-state index in [0.717, 1.165) is 16.4 Å². The van der Waals surface area contributed by atoms with Crippen molar-refractivity contribution in [3.8, 4) is 11.5 Å². The van der Waals surface area contributed by atoms with Crippen molar-refractivity contribution in [3.05, 3.63) is 77.1 Å². The maximum atomic E-state index is 13.8. The van der Waals surface area contributed by atoms with E-state index < -0.39 is 34.3 Å². The zero-order valence-electron chi connectivity index (χ0n) is 19.4. The average molecular weight is 537 g/mol. The lowest BCUT2D eigenvalue weighted by atomic mass is 10.2. The van der Waals surface area contributed by atoms with Gasteiger partial charge in [0.05, 0.1) is 42.5 Å². The van der Waals surface area contributed by atoms with Crippen molar-refractivity contribution < 1.29 is 36.6 Å². The Bertz CT molecular complexity index is 1380. The Balaban J connectivity index is 1.96. The number of sulfonamides is 1. The van der Waals surface area contributed by atoms with Crippen LogP contribution >= 0.6 is 11.6 Å². The molecule has 9 nitrogen and oxygen atoms in total. The van der Waals surface area contributed by atoms with Gasteiger partial charge in [-0.25, -0.2) is 17.6 Å². The van der Waals surface area contributed by atoms with Crippen molar-refractivity contribution in [1.29, 1.82) is 0 Å². The number of nitrogens with zero attached hydrogens (tertiary/aromatic N) is 1. The number of carbonyl (C=O) groups excluding carboxylic acids is 2. The fourth-order valence-corrected chi connectivity index (χ4v) is 4.80. The number of benzene rings is 3. The van der Waals surface area contributed by atoms with Gasteiger partial charge >= 0.3 is 5.97 Å². The quantitative estimate of drug-likeness (QED) is 0.409. The van der Waals surface area contributed by atoms with Gasteiger partial charge in [0.1, 0.15) is 12.4 Å². The van der Waals surface area contributed by atoms with Crippen LogP contribution in [0.25, 0.3) is 0 Å². The first-order valence-electron chi connectivity index (χ1n) is 10.3. The van der Waals surface area contributed by atoms with Crippen molar-refractivity contribution in [2.45, 2.75) is 4.90 Å². The largest absolute Gasteiger partial charge is 0.493 e. The number of nitrogens with one attached hydrogen (secondary N) is 1. The molecule has 190 valence electrons. The Labute approximate surface area is 212 Å². The molecule has 3 aromatic carbocycles. The topological polar surface area (TPSA) is 111 Å². The van der Waals surface area contributed by atoms with Gasteiger partial charge in [-0.3, -0.25) is 9.10 Å².